The van der Waals surface area contributed by atoms with Gasteiger partial charge in [-0.1, -0.05) is 18.2 Å². The second kappa shape index (κ2) is 8.09. The summed E-state index contributed by atoms with van der Waals surface area (Å²) in [4.78, 5) is 23.8. The summed E-state index contributed by atoms with van der Waals surface area (Å²) in [5, 5.41) is 5.02. The highest BCUT2D eigenvalue weighted by Crippen LogP contribution is 2.19. The molecule has 8 heteroatoms. The van der Waals surface area contributed by atoms with E-state index in [0.29, 0.717) is 5.56 Å². The number of carbonyl (C=O) groups excluding carboxylic acids is 2. The van der Waals surface area contributed by atoms with Crippen LogP contribution in [0.3, 0.4) is 0 Å². The predicted molar refractivity (Wildman–Crippen MR) is 80.6 cm³/mol. The maximum absolute atomic E-state index is 12.3. The Hall–Kier alpha value is -2.90. The highest BCUT2D eigenvalue weighted by atomic mass is 19.3. The molecule has 0 aliphatic rings. The molecule has 0 aliphatic carbocycles. The van der Waals surface area contributed by atoms with E-state index in [-0.39, 0.29) is 18.1 Å². The van der Waals surface area contributed by atoms with Crippen LogP contribution in [0.2, 0.25) is 0 Å². The molecular weight excluding hydrogens is 322 g/mol. The molecule has 0 aliphatic heterocycles. The number of para-hydroxylation sites is 1. The normalized spacial score (nSPS) is 11.8. The number of furan rings is 1. The van der Waals surface area contributed by atoms with Crippen LogP contribution in [-0.2, 0) is 11.3 Å². The van der Waals surface area contributed by atoms with Crippen LogP contribution in [0.5, 0.6) is 5.75 Å². The second-order valence-electron chi connectivity index (χ2n) is 4.88. The molecule has 1 aromatic heterocycles. The van der Waals surface area contributed by atoms with Crippen LogP contribution in [0.25, 0.3) is 0 Å². The molecule has 24 heavy (non-hydrogen) atoms. The van der Waals surface area contributed by atoms with Crippen molar-refractivity contribution in [3.8, 4) is 5.75 Å². The van der Waals surface area contributed by atoms with Gasteiger partial charge in [0.15, 0.2) is 5.76 Å². The molecule has 128 valence electrons. The van der Waals surface area contributed by atoms with Crippen molar-refractivity contribution in [2.24, 2.45) is 0 Å². The molecule has 0 unspecified atom stereocenters. The highest BCUT2D eigenvalue weighted by Gasteiger charge is 2.18. The summed E-state index contributed by atoms with van der Waals surface area (Å²) in [5.41, 5.74) is 0.399. The number of carbonyl (C=O) groups is 2. The standard InChI is InChI=1S/C16H16F2N2O4/c1-10(20-15(22)13-7-4-8-23-13)14(21)19-9-11-5-2-3-6-12(11)24-16(17)18/h2-8,10,16H,9H2,1H3,(H,19,21)(H,20,22)/t10-/m0/s1. The van der Waals surface area contributed by atoms with Gasteiger partial charge in [-0.2, -0.15) is 8.78 Å². The number of hydrogen-bond acceptors (Lipinski definition) is 4. The van der Waals surface area contributed by atoms with Crippen molar-refractivity contribution < 1.29 is 27.5 Å². The molecule has 0 saturated carbocycles. The lowest BCUT2D eigenvalue weighted by Gasteiger charge is -2.15. The van der Waals surface area contributed by atoms with Gasteiger partial charge in [0.1, 0.15) is 11.8 Å². The van der Waals surface area contributed by atoms with E-state index in [9.17, 15) is 18.4 Å². The average Bonchev–Trinajstić information content (AvgIpc) is 3.07. The number of benzene rings is 1. The van der Waals surface area contributed by atoms with Gasteiger partial charge in [-0.3, -0.25) is 9.59 Å². The molecule has 0 radical (unpaired) electrons. The monoisotopic (exact) mass is 338 g/mol. The molecule has 0 fully saturated rings. The molecule has 1 heterocycles. The van der Waals surface area contributed by atoms with Crippen LogP contribution in [0.4, 0.5) is 8.78 Å². The Kier molecular flexibility index (Phi) is 5.89. The molecule has 6 nitrogen and oxygen atoms in total. The van der Waals surface area contributed by atoms with E-state index < -0.39 is 24.5 Å². The number of halogens is 2. The van der Waals surface area contributed by atoms with Gasteiger partial charge < -0.3 is 19.8 Å². The van der Waals surface area contributed by atoms with Crippen molar-refractivity contribution in [2.45, 2.75) is 26.1 Å². The quantitative estimate of drug-likeness (QED) is 0.812. The van der Waals surface area contributed by atoms with Crippen molar-refractivity contribution in [3.05, 3.63) is 54.0 Å². The van der Waals surface area contributed by atoms with Crippen molar-refractivity contribution in [3.63, 3.8) is 0 Å². The maximum atomic E-state index is 12.3. The smallest absolute Gasteiger partial charge is 0.387 e. The first kappa shape index (κ1) is 17.5. The van der Waals surface area contributed by atoms with Crippen LogP contribution < -0.4 is 15.4 Å². The minimum atomic E-state index is -2.95. The number of amides is 2. The zero-order chi connectivity index (χ0) is 17.5. The Balaban J connectivity index is 1.90. The van der Waals surface area contributed by atoms with E-state index in [1.165, 1.54) is 25.3 Å². The Bertz CT molecular complexity index is 689. The Morgan fingerprint density at radius 2 is 1.96 bits per heavy atom. The van der Waals surface area contributed by atoms with Crippen LogP contribution in [0, 0.1) is 0 Å². The molecule has 0 bridgehead atoms. The fourth-order valence-corrected chi connectivity index (χ4v) is 1.94. The summed E-state index contributed by atoms with van der Waals surface area (Å²) in [6, 6.07) is 8.33. The van der Waals surface area contributed by atoms with Crippen molar-refractivity contribution >= 4 is 11.8 Å². The fraction of sp³-hybridized carbons (Fsp3) is 0.250. The lowest BCUT2D eigenvalue weighted by Crippen LogP contribution is -2.44. The average molecular weight is 338 g/mol. The van der Waals surface area contributed by atoms with E-state index in [2.05, 4.69) is 15.4 Å². The topological polar surface area (TPSA) is 80.6 Å². The maximum Gasteiger partial charge on any atom is 0.387 e. The van der Waals surface area contributed by atoms with E-state index in [1.54, 1.807) is 24.3 Å². The molecule has 1 atom stereocenters. The lowest BCUT2D eigenvalue weighted by molar-refractivity contribution is -0.122. The summed E-state index contributed by atoms with van der Waals surface area (Å²) in [6.07, 6.45) is 1.35. The molecule has 2 N–H and O–H groups in total. The number of rotatable bonds is 7. The Labute approximate surface area is 136 Å². The Morgan fingerprint density at radius 1 is 1.21 bits per heavy atom. The number of alkyl halides is 2. The van der Waals surface area contributed by atoms with Gasteiger partial charge in [0.2, 0.25) is 5.91 Å². The largest absolute Gasteiger partial charge is 0.459 e. The predicted octanol–water partition coefficient (Wildman–Crippen LogP) is 2.32. The minimum absolute atomic E-state index is 0.0112. The van der Waals surface area contributed by atoms with E-state index >= 15 is 0 Å². The van der Waals surface area contributed by atoms with Crippen molar-refractivity contribution in [1.82, 2.24) is 10.6 Å². The van der Waals surface area contributed by atoms with Gasteiger partial charge >= 0.3 is 6.61 Å². The summed E-state index contributed by atoms with van der Waals surface area (Å²) in [5.74, 6) is -0.920. The van der Waals surface area contributed by atoms with E-state index in [4.69, 9.17) is 4.42 Å². The van der Waals surface area contributed by atoms with Gasteiger partial charge in [0.05, 0.1) is 6.26 Å². The first-order valence-electron chi connectivity index (χ1n) is 7.12. The van der Waals surface area contributed by atoms with Crippen LogP contribution in [0.15, 0.2) is 47.1 Å². The SMILES string of the molecule is C[C@H](NC(=O)c1ccco1)C(=O)NCc1ccccc1OC(F)F. The van der Waals surface area contributed by atoms with E-state index in [1.807, 2.05) is 0 Å². The molecule has 1 aromatic carbocycles. The molecule has 0 spiro atoms. The number of ether oxygens (including phenoxy) is 1. The van der Waals surface area contributed by atoms with Crippen LogP contribution in [0.1, 0.15) is 23.0 Å². The van der Waals surface area contributed by atoms with Gasteiger partial charge in [-0.05, 0) is 25.1 Å². The first-order chi connectivity index (χ1) is 11.5. The molecule has 2 rings (SSSR count). The van der Waals surface area contributed by atoms with Crippen molar-refractivity contribution in [1.29, 1.82) is 0 Å². The molecular formula is C16H16F2N2O4. The molecule has 2 amide bonds. The summed E-state index contributed by atoms with van der Waals surface area (Å²) in [7, 11) is 0. The van der Waals surface area contributed by atoms with Gasteiger partial charge in [-0.25, -0.2) is 0 Å². The summed E-state index contributed by atoms with van der Waals surface area (Å²) < 4.78 is 34.0. The van der Waals surface area contributed by atoms with Crippen LogP contribution in [-0.4, -0.2) is 24.5 Å². The third kappa shape index (κ3) is 4.80. The fourth-order valence-electron chi connectivity index (χ4n) is 1.94. The third-order valence-electron chi connectivity index (χ3n) is 3.13. The minimum Gasteiger partial charge on any atom is -0.459 e. The number of hydrogen-bond donors (Lipinski definition) is 2. The van der Waals surface area contributed by atoms with Crippen molar-refractivity contribution in [2.75, 3.05) is 0 Å². The molecule has 2 aromatic rings. The van der Waals surface area contributed by atoms with Gasteiger partial charge in [0.25, 0.3) is 5.91 Å². The third-order valence-corrected chi connectivity index (χ3v) is 3.13. The van der Waals surface area contributed by atoms with Crippen LogP contribution >= 0.6 is 0 Å². The van der Waals surface area contributed by atoms with Gasteiger partial charge in [0, 0.05) is 12.1 Å². The molecule has 0 saturated heterocycles. The summed E-state index contributed by atoms with van der Waals surface area (Å²) >= 11 is 0. The van der Waals surface area contributed by atoms with Gasteiger partial charge in [-0.15, -0.1) is 0 Å². The zero-order valence-electron chi connectivity index (χ0n) is 12.8. The first-order valence-corrected chi connectivity index (χ1v) is 7.12. The summed E-state index contributed by atoms with van der Waals surface area (Å²) in [6.45, 7) is -1.46. The zero-order valence-corrected chi connectivity index (χ0v) is 12.8. The van der Waals surface area contributed by atoms with E-state index in [0.717, 1.165) is 0 Å². The number of nitrogens with one attached hydrogen (secondary N) is 2. The second-order valence-corrected chi connectivity index (χ2v) is 4.88. The Morgan fingerprint density at radius 3 is 2.62 bits per heavy atom. The highest BCUT2D eigenvalue weighted by molar-refractivity contribution is 5.95. The lowest BCUT2D eigenvalue weighted by atomic mass is 10.2.